The molecule has 5 nitrogen and oxygen atoms in total. The first-order valence-corrected chi connectivity index (χ1v) is 6.65. The number of carbonyl (C=O) groups is 1. The molecule has 0 atom stereocenters. The smallest absolute Gasteiger partial charge is 0.254 e. The van der Waals surface area contributed by atoms with Crippen molar-refractivity contribution in [1.29, 1.82) is 0 Å². The number of nitrogens with zero attached hydrogens (tertiary/aromatic N) is 2. The number of rotatable bonds is 3. The van der Waals surface area contributed by atoms with Gasteiger partial charge in [0.05, 0.1) is 12.2 Å². The van der Waals surface area contributed by atoms with Gasteiger partial charge in [0.15, 0.2) is 0 Å². The Balaban J connectivity index is 2.12. The fourth-order valence-electron chi connectivity index (χ4n) is 2.21. The zero-order chi connectivity index (χ0) is 13.9. The molecule has 0 saturated carbocycles. The van der Waals surface area contributed by atoms with E-state index in [-0.39, 0.29) is 11.5 Å². The van der Waals surface area contributed by atoms with Gasteiger partial charge in [0, 0.05) is 31.4 Å². The minimum Gasteiger partial charge on any atom is -0.372 e. The Morgan fingerprint density at radius 3 is 3.05 bits per heavy atom. The monoisotopic (exact) mass is 263 g/mol. The number of hydrogen-bond donors (Lipinski definition) is 1. The van der Waals surface area contributed by atoms with Crippen LogP contribution in [0.4, 0.5) is 5.82 Å². The summed E-state index contributed by atoms with van der Waals surface area (Å²) in [6.45, 7) is 8.64. The Bertz CT molecular complexity index is 460. The number of ether oxygens (including phenoxy) is 1. The van der Waals surface area contributed by atoms with Crippen molar-refractivity contribution in [1.82, 2.24) is 9.88 Å². The van der Waals surface area contributed by atoms with Crippen LogP contribution in [0.2, 0.25) is 0 Å². The van der Waals surface area contributed by atoms with Crippen LogP contribution in [-0.2, 0) is 4.74 Å². The van der Waals surface area contributed by atoms with Crippen molar-refractivity contribution >= 4 is 11.7 Å². The highest BCUT2D eigenvalue weighted by Gasteiger charge is 2.30. The molecule has 0 aromatic carbocycles. The molecule has 5 heteroatoms. The highest BCUT2D eigenvalue weighted by atomic mass is 16.5. The largest absolute Gasteiger partial charge is 0.372 e. The maximum absolute atomic E-state index is 12.5. The molecular weight excluding hydrogens is 242 g/mol. The van der Waals surface area contributed by atoms with Crippen LogP contribution in [0.3, 0.4) is 0 Å². The topological polar surface area (TPSA) is 54.5 Å². The average Bonchev–Trinajstić information content (AvgIpc) is 2.37. The summed E-state index contributed by atoms with van der Waals surface area (Å²) in [5.41, 5.74) is 0.398. The van der Waals surface area contributed by atoms with E-state index in [0.717, 1.165) is 12.4 Å². The molecule has 1 aromatic rings. The van der Waals surface area contributed by atoms with Gasteiger partial charge in [-0.05, 0) is 32.9 Å². The predicted octanol–water partition coefficient (Wildman–Crippen LogP) is 1.76. The van der Waals surface area contributed by atoms with E-state index in [0.29, 0.717) is 25.3 Å². The Morgan fingerprint density at radius 1 is 1.58 bits per heavy atom. The number of nitrogens with one attached hydrogen (secondary N) is 1. The number of hydrogen-bond acceptors (Lipinski definition) is 4. The molecule has 0 bridgehead atoms. The summed E-state index contributed by atoms with van der Waals surface area (Å²) in [5.74, 6) is 0.777. The van der Waals surface area contributed by atoms with Crippen molar-refractivity contribution in [2.24, 2.45) is 0 Å². The van der Waals surface area contributed by atoms with E-state index in [1.807, 2.05) is 25.7 Å². The standard InChI is InChI=1S/C14H21N3O2/c1-4-15-12-9-11(5-6-16-12)13(18)17-7-8-19-14(2,3)10-17/h5-6,9H,4,7-8,10H2,1-3H3,(H,15,16). The van der Waals surface area contributed by atoms with Gasteiger partial charge in [-0.15, -0.1) is 0 Å². The minimum atomic E-state index is -0.272. The van der Waals surface area contributed by atoms with Crippen LogP contribution in [0, 0.1) is 0 Å². The molecule has 0 radical (unpaired) electrons. The summed E-state index contributed by atoms with van der Waals surface area (Å²) in [6.07, 6.45) is 1.66. The number of aromatic nitrogens is 1. The molecule has 1 aromatic heterocycles. The van der Waals surface area contributed by atoms with Gasteiger partial charge in [0.1, 0.15) is 5.82 Å². The fourth-order valence-corrected chi connectivity index (χ4v) is 2.21. The second kappa shape index (κ2) is 5.57. The van der Waals surface area contributed by atoms with Crippen molar-refractivity contribution in [2.45, 2.75) is 26.4 Å². The summed E-state index contributed by atoms with van der Waals surface area (Å²) in [5, 5.41) is 3.12. The molecule has 0 aliphatic carbocycles. The molecular formula is C14H21N3O2. The van der Waals surface area contributed by atoms with Crippen molar-refractivity contribution in [3.63, 3.8) is 0 Å². The van der Waals surface area contributed by atoms with Gasteiger partial charge in [-0.2, -0.15) is 0 Å². The van der Waals surface area contributed by atoms with Gasteiger partial charge in [-0.25, -0.2) is 4.98 Å². The first-order chi connectivity index (χ1) is 9.02. The molecule has 0 spiro atoms. The van der Waals surface area contributed by atoms with Crippen molar-refractivity contribution < 1.29 is 9.53 Å². The van der Waals surface area contributed by atoms with E-state index in [1.165, 1.54) is 0 Å². The number of amides is 1. The number of carbonyl (C=O) groups excluding carboxylic acids is 1. The molecule has 2 heterocycles. The summed E-state index contributed by atoms with van der Waals surface area (Å²) in [4.78, 5) is 18.5. The number of anilines is 1. The van der Waals surface area contributed by atoms with Crippen LogP contribution < -0.4 is 5.32 Å². The second-order valence-electron chi connectivity index (χ2n) is 5.29. The van der Waals surface area contributed by atoms with E-state index in [1.54, 1.807) is 18.3 Å². The van der Waals surface area contributed by atoms with Gasteiger partial charge in [0.2, 0.25) is 0 Å². The third-order valence-electron chi connectivity index (χ3n) is 3.08. The van der Waals surface area contributed by atoms with E-state index >= 15 is 0 Å². The third-order valence-corrected chi connectivity index (χ3v) is 3.08. The molecule has 104 valence electrons. The van der Waals surface area contributed by atoms with Gasteiger partial charge in [-0.1, -0.05) is 0 Å². The molecule has 2 rings (SSSR count). The first-order valence-electron chi connectivity index (χ1n) is 6.65. The van der Waals surface area contributed by atoms with Crippen molar-refractivity contribution in [3.05, 3.63) is 23.9 Å². The van der Waals surface area contributed by atoms with Crippen molar-refractivity contribution in [3.8, 4) is 0 Å². The summed E-state index contributed by atoms with van der Waals surface area (Å²) in [7, 11) is 0. The number of morpholine rings is 1. The summed E-state index contributed by atoms with van der Waals surface area (Å²) >= 11 is 0. The van der Waals surface area contributed by atoms with Gasteiger partial charge < -0.3 is 15.0 Å². The molecule has 0 unspecified atom stereocenters. The van der Waals surface area contributed by atoms with Gasteiger partial charge in [0.25, 0.3) is 5.91 Å². The van der Waals surface area contributed by atoms with Gasteiger partial charge >= 0.3 is 0 Å². The van der Waals surface area contributed by atoms with Crippen LogP contribution in [0.15, 0.2) is 18.3 Å². The zero-order valence-electron chi connectivity index (χ0n) is 11.8. The molecule has 1 aliphatic heterocycles. The highest BCUT2D eigenvalue weighted by molar-refractivity contribution is 5.95. The lowest BCUT2D eigenvalue weighted by Crippen LogP contribution is -2.50. The Labute approximate surface area is 114 Å². The van der Waals surface area contributed by atoms with Crippen molar-refractivity contribution in [2.75, 3.05) is 31.6 Å². The maximum Gasteiger partial charge on any atom is 0.254 e. The average molecular weight is 263 g/mol. The predicted molar refractivity (Wildman–Crippen MR) is 74.3 cm³/mol. The SMILES string of the molecule is CCNc1cc(C(=O)N2CCOC(C)(C)C2)ccn1. The first kappa shape index (κ1) is 13.8. The Morgan fingerprint density at radius 2 is 2.37 bits per heavy atom. The van der Waals surface area contributed by atoms with Crippen LogP contribution in [0.1, 0.15) is 31.1 Å². The van der Waals surface area contributed by atoms with E-state index in [4.69, 9.17) is 4.74 Å². The van der Waals surface area contributed by atoms with E-state index in [9.17, 15) is 4.79 Å². The minimum absolute atomic E-state index is 0.0397. The van der Waals surface area contributed by atoms with E-state index in [2.05, 4.69) is 10.3 Å². The Hall–Kier alpha value is -1.62. The van der Waals surface area contributed by atoms with Crippen LogP contribution >= 0.6 is 0 Å². The Kier molecular flexibility index (Phi) is 4.04. The lowest BCUT2D eigenvalue weighted by Gasteiger charge is -2.38. The number of pyridine rings is 1. The molecule has 19 heavy (non-hydrogen) atoms. The van der Waals surface area contributed by atoms with Crippen LogP contribution in [0.5, 0.6) is 0 Å². The zero-order valence-corrected chi connectivity index (χ0v) is 11.8. The third kappa shape index (κ3) is 3.44. The normalized spacial score (nSPS) is 18.2. The summed E-state index contributed by atoms with van der Waals surface area (Å²) in [6, 6.07) is 3.56. The quantitative estimate of drug-likeness (QED) is 0.903. The highest BCUT2D eigenvalue weighted by Crippen LogP contribution is 2.19. The van der Waals surface area contributed by atoms with Crippen LogP contribution in [-0.4, -0.2) is 47.6 Å². The lowest BCUT2D eigenvalue weighted by atomic mass is 10.1. The maximum atomic E-state index is 12.5. The fraction of sp³-hybridized carbons (Fsp3) is 0.571. The van der Waals surface area contributed by atoms with Crippen LogP contribution in [0.25, 0.3) is 0 Å². The molecule has 1 amide bonds. The summed E-state index contributed by atoms with van der Waals surface area (Å²) < 4.78 is 5.63. The molecule has 1 fully saturated rings. The molecule has 1 N–H and O–H groups in total. The van der Waals surface area contributed by atoms with E-state index < -0.39 is 0 Å². The molecule has 1 aliphatic rings. The second-order valence-corrected chi connectivity index (χ2v) is 5.29. The van der Waals surface area contributed by atoms with Gasteiger partial charge in [-0.3, -0.25) is 4.79 Å². The molecule has 1 saturated heterocycles. The lowest BCUT2D eigenvalue weighted by molar-refractivity contribution is -0.0764.